The smallest absolute Gasteiger partial charge is 0.255 e. The minimum atomic E-state index is -0.683. The third-order valence-corrected chi connectivity index (χ3v) is 6.53. The predicted octanol–water partition coefficient (Wildman–Crippen LogP) is 4.27. The van der Waals surface area contributed by atoms with E-state index in [2.05, 4.69) is 37.2 Å². The van der Waals surface area contributed by atoms with Gasteiger partial charge in [-0.05, 0) is 44.7 Å². The second-order valence-corrected chi connectivity index (χ2v) is 9.25. The Morgan fingerprint density at radius 1 is 1.03 bits per heavy atom. The number of carbonyl (C=O) groups is 1. The summed E-state index contributed by atoms with van der Waals surface area (Å²) in [5.41, 5.74) is 1.26. The number of rotatable bonds is 6. The number of amides is 1. The molecule has 5 rings (SSSR count). The van der Waals surface area contributed by atoms with Gasteiger partial charge in [-0.2, -0.15) is 5.10 Å². The zero-order valence-electron chi connectivity index (χ0n) is 20.9. The maximum atomic E-state index is 14.8. The van der Waals surface area contributed by atoms with Gasteiger partial charge in [0.1, 0.15) is 17.3 Å². The van der Waals surface area contributed by atoms with Gasteiger partial charge >= 0.3 is 0 Å². The van der Waals surface area contributed by atoms with Crippen molar-refractivity contribution in [2.45, 2.75) is 26.8 Å². The van der Waals surface area contributed by atoms with Gasteiger partial charge < -0.3 is 15.1 Å². The highest BCUT2D eigenvalue weighted by Crippen LogP contribution is 2.29. The molecule has 0 bridgehead atoms. The minimum absolute atomic E-state index is 0.00139. The van der Waals surface area contributed by atoms with Crippen LogP contribution in [0.25, 0.3) is 22.2 Å². The molecule has 192 valence electrons. The molecule has 0 saturated carbocycles. The van der Waals surface area contributed by atoms with Crippen LogP contribution < -0.4 is 5.32 Å². The molecule has 1 amide bonds. The van der Waals surface area contributed by atoms with Crippen LogP contribution in [0.3, 0.4) is 0 Å². The summed E-state index contributed by atoms with van der Waals surface area (Å²) in [6, 6.07) is 6.24. The van der Waals surface area contributed by atoms with Gasteiger partial charge in [0.25, 0.3) is 5.91 Å². The summed E-state index contributed by atoms with van der Waals surface area (Å²) in [6.45, 7) is 10.0. The van der Waals surface area contributed by atoms with E-state index in [9.17, 15) is 13.6 Å². The molecular weight excluding hydrogens is 478 g/mol. The summed E-state index contributed by atoms with van der Waals surface area (Å²) < 4.78 is 31.2. The molecule has 1 aliphatic heterocycles. The van der Waals surface area contributed by atoms with Gasteiger partial charge in [-0.3, -0.25) is 9.48 Å². The number of piperazine rings is 1. The molecule has 0 unspecified atom stereocenters. The fourth-order valence-electron chi connectivity index (χ4n) is 4.44. The van der Waals surface area contributed by atoms with Crippen LogP contribution in [-0.2, 0) is 0 Å². The fourth-order valence-corrected chi connectivity index (χ4v) is 4.44. The van der Waals surface area contributed by atoms with Crippen LogP contribution in [0.1, 0.15) is 37.2 Å². The molecule has 1 N–H and O–H groups in total. The number of aromatic nitrogens is 5. The monoisotopic (exact) mass is 506 g/mol. The van der Waals surface area contributed by atoms with Crippen LogP contribution in [0.2, 0.25) is 0 Å². The van der Waals surface area contributed by atoms with Crippen LogP contribution >= 0.6 is 0 Å². The summed E-state index contributed by atoms with van der Waals surface area (Å²) in [4.78, 5) is 29.5. The van der Waals surface area contributed by atoms with E-state index in [0.717, 1.165) is 25.8 Å². The van der Waals surface area contributed by atoms with E-state index in [1.54, 1.807) is 22.9 Å². The van der Waals surface area contributed by atoms with Gasteiger partial charge in [0.05, 0.1) is 28.9 Å². The molecule has 0 spiro atoms. The second-order valence-electron chi connectivity index (χ2n) is 9.25. The van der Waals surface area contributed by atoms with Crippen molar-refractivity contribution < 1.29 is 13.6 Å². The van der Waals surface area contributed by atoms with Crippen molar-refractivity contribution in [3.05, 3.63) is 60.1 Å². The van der Waals surface area contributed by atoms with Gasteiger partial charge in [-0.15, -0.1) is 0 Å². The fraction of sp³-hybridized carbons (Fsp3) is 0.346. The zero-order chi connectivity index (χ0) is 26.1. The average molecular weight is 507 g/mol. The van der Waals surface area contributed by atoms with E-state index in [1.807, 2.05) is 18.7 Å². The summed E-state index contributed by atoms with van der Waals surface area (Å²) in [7, 11) is 0. The number of hydrogen-bond acceptors (Lipinski definition) is 7. The highest BCUT2D eigenvalue weighted by molar-refractivity contribution is 5.94. The number of likely N-dealkylation sites (N-methyl/N-ethyl adjacent to an activating group) is 1. The lowest BCUT2D eigenvalue weighted by Gasteiger charge is -2.34. The Labute approximate surface area is 213 Å². The minimum Gasteiger partial charge on any atom is -0.336 e. The van der Waals surface area contributed by atoms with Crippen molar-refractivity contribution in [2.24, 2.45) is 0 Å². The average Bonchev–Trinajstić information content (AvgIpc) is 3.35. The molecule has 4 aromatic rings. The van der Waals surface area contributed by atoms with Crippen LogP contribution in [0.4, 0.5) is 20.5 Å². The Morgan fingerprint density at radius 3 is 2.49 bits per heavy atom. The highest BCUT2D eigenvalue weighted by Gasteiger charge is 2.22. The molecule has 11 heteroatoms. The van der Waals surface area contributed by atoms with Crippen molar-refractivity contribution in [3.63, 3.8) is 0 Å². The number of anilines is 2. The quantitative estimate of drug-likeness (QED) is 0.418. The molecule has 1 fully saturated rings. The van der Waals surface area contributed by atoms with Gasteiger partial charge in [0, 0.05) is 44.0 Å². The molecule has 1 aliphatic rings. The largest absolute Gasteiger partial charge is 0.336 e. The molecule has 1 aromatic carbocycles. The molecule has 3 aromatic heterocycles. The Hall–Kier alpha value is -3.99. The molecule has 0 aliphatic carbocycles. The first kappa shape index (κ1) is 24.7. The topological polar surface area (TPSA) is 92.1 Å². The highest BCUT2D eigenvalue weighted by atomic mass is 19.1. The van der Waals surface area contributed by atoms with Gasteiger partial charge in [-0.25, -0.2) is 23.7 Å². The first-order chi connectivity index (χ1) is 17.8. The lowest BCUT2D eigenvalue weighted by molar-refractivity contribution is 0.0643. The SMILES string of the molecule is CCN1CCN(C(=O)c2ccc(Nc3ncc(F)c(-c4cc(F)c5cnn(C(C)C)c5c4)n3)nc2)CC1. The molecule has 37 heavy (non-hydrogen) atoms. The van der Waals surface area contributed by atoms with Crippen molar-refractivity contribution in [1.82, 2.24) is 34.5 Å². The number of carbonyl (C=O) groups excluding carboxylic acids is 1. The first-order valence-corrected chi connectivity index (χ1v) is 12.3. The molecule has 4 heterocycles. The van der Waals surface area contributed by atoms with Crippen molar-refractivity contribution in [1.29, 1.82) is 0 Å². The summed E-state index contributed by atoms with van der Waals surface area (Å²) in [5, 5.41) is 7.53. The lowest BCUT2D eigenvalue weighted by Crippen LogP contribution is -2.48. The van der Waals surface area contributed by atoms with Gasteiger partial charge in [0.2, 0.25) is 5.95 Å². The third-order valence-electron chi connectivity index (χ3n) is 6.53. The van der Waals surface area contributed by atoms with E-state index in [-0.39, 0.29) is 29.2 Å². The molecule has 0 radical (unpaired) electrons. The van der Waals surface area contributed by atoms with E-state index >= 15 is 0 Å². The normalized spacial score (nSPS) is 14.5. The third kappa shape index (κ3) is 4.99. The lowest BCUT2D eigenvalue weighted by atomic mass is 10.1. The van der Waals surface area contributed by atoms with E-state index in [4.69, 9.17) is 0 Å². The number of halogens is 2. The van der Waals surface area contributed by atoms with Crippen molar-refractivity contribution in [3.8, 4) is 11.3 Å². The van der Waals surface area contributed by atoms with Crippen molar-refractivity contribution in [2.75, 3.05) is 38.0 Å². The Kier molecular flexibility index (Phi) is 6.79. The predicted molar refractivity (Wildman–Crippen MR) is 137 cm³/mol. The number of nitrogens with one attached hydrogen (secondary N) is 1. The summed E-state index contributed by atoms with van der Waals surface area (Å²) in [5.74, 6) is -0.768. The number of fused-ring (bicyclic) bond motifs is 1. The molecule has 0 atom stereocenters. The second kappa shape index (κ2) is 10.2. The Morgan fingerprint density at radius 2 is 1.81 bits per heavy atom. The van der Waals surface area contributed by atoms with Gasteiger partial charge in [-0.1, -0.05) is 6.92 Å². The number of hydrogen-bond donors (Lipinski definition) is 1. The van der Waals surface area contributed by atoms with E-state index in [0.29, 0.717) is 35.4 Å². The van der Waals surface area contributed by atoms with Crippen LogP contribution in [0.15, 0.2) is 42.9 Å². The molecular formula is C26H28F2N8O. The molecule has 9 nitrogen and oxygen atoms in total. The van der Waals surface area contributed by atoms with E-state index in [1.165, 1.54) is 18.5 Å². The molecule has 1 saturated heterocycles. The van der Waals surface area contributed by atoms with Crippen LogP contribution in [-0.4, -0.2) is 73.2 Å². The van der Waals surface area contributed by atoms with E-state index < -0.39 is 11.6 Å². The maximum Gasteiger partial charge on any atom is 0.255 e. The Bertz CT molecular complexity index is 1430. The van der Waals surface area contributed by atoms with Gasteiger partial charge in [0.15, 0.2) is 5.82 Å². The van der Waals surface area contributed by atoms with Crippen molar-refractivity contribution >= 4 is 28.6 Å². The first-order valence-electron chi connectivity index (χ1n) is 12.3. The number of nitrogens with zero attached hydrogens (tertiary/aromatic N) is 7. The summed E-state index contributed by atoms with van der Waals surface area (Å²) in [6.07, 6.45) is 3.99. The number of pyridine rings is 1. The maximum absolute atomic E-state index is 14.8. The standard InChI is InChI=1S/C26H28F2N8O/c1-4-34-7-9-35(10-8-34)25(37)17-5-6-23(29-13-17)32-26-30-15-21(28)24(33-26)18-11-20(27)19-14-31-36(16(2)3)22(19)12-18/h5-6,11-16H,4,7-10H2,1-3H3,(H,29,30,32,33). The summed E-state index contributed by atoms with van der Waals surface area (Å²) >= 11 is 0. The van der Waals surface area contributed by atoms with Crippen LogP contribution in [0, 0.1) is 11.6 Å². The van der Waals surface area contributed by atoms with Crippen LogP contribution in [0.5, 0.6) is 0 Å². The zero-order valence-corrected chi connectivity index (χ0v) is 20.9. The number of benzene rings is 1. The Balaban J connectivity index is 1.35.